The summed E-state index contributed by atoms with van der Waals surface area (Å²) < 4.78 is 0. The van der Waals surface area contributed by atoms with Crippen LogP contribution in [-0.4, -0.2) is 35.1 Å². The number of nitrogens with zero attached hydrogens (tertiary/aromatic N) is 1. The van der Waals surface area contributed by atoms with Gasteiger partial charge in [-0.1, -0.05) is 0 Å². The molecule has 0 radical (unpaired) electrons. The van der Waals surface area contributed by atoms with Crippen LogP contribution in [0.2, 0.25) is 0 Å². The molecule has 0 atom stereocenters. The van der Waals surface area contributed by atoms with Crippen LogP contribution < -0.4 is 0 Å². The van der Waals surface area contributed by atoms with Gasteiger partial charge in [-0.15, -0.1) is 0 Å². The predicted octanol–water partition coefficient (Wildman–Crippen LogP) is 2.22. The van der Waals surface area contributed by atoms with E-state index in [4.69, 9.17) is 5.11 Å². The maximum absolute atomic E-state index is 11.1. The number of carbonyl (C=O) groups is 1. The van der Waals surface area contributed by atoms with Gasteiger partial charge in [0.05, 0.1) is 5.41 Å². The maximum Gasteiger partial charge on any atom is 0.309 e. The molecule has 88 valence electrons. The lowest BCUT2D eigenvalue weighted by atomic mass is 9.73. The van der Waals surface area contributed by atoms with Gasteiger partial charge < -0.3 is 10.0 Å². The minimum absolute atomic E-state index is 0.324. The third-order valence-electron chi connectivity index (χ3n) is 3.83. The number of carboxylic acids is 1. The summed E-state index contributed by atoms with van der Waals surface area (Å²) in [7, 11) is 0. The van der Waals surface area contributed by atoms with Crippen LogP contribution in [0.25, 0.3) is 0 Å². The second-order valence-corrected chi connectivity index (χ2v) is 5.43. The van der Waals surface area contributed by atoms with Gasteiger partial charge in [-0.25, -0.2) is 0 Å². The van der Waals surface area contributed by atoms with Crippen molar-refractivity contribution in [3.63, 3.8) is 0 Å². The molecule has 3 nitrogen and oxygen atoms in total. The predicted molar refractivity (Wildman–Crippen MR) is 60.8 cm³/mol. The highest BCUT2D eigenvalue weighted by molar-refractivity contribution is 5.74. The Morgan fingerprint density at radius 2 is 1.80 bits per heavy atom. The van der Waals surface area contributed by atoms with E-state index in [1.54, 1.807) is 0 Å². The molecule has 1 aliphatic rings. The van der Waals surface area contributed by atoms with Crippen molar-refractivity contribution in [2.75, 3.05) is 13.1 Å². The first-order valence-corrected chi connectivity index (χ1v) is 5.83. The minimum atomic E-state index is -0.662. The molecule has 0 aliphatic carbocycles. The molecule has 0 aromatic heterocycles. The molecule has 1 aliphatic heterocycles. The lowest BCUT2D eigenvalue weighted by molar-refractivity contribution is -0.151. The van der Waals surface area contributed by atoms with E-state index in [0.717, 1.165) is 25.9 Å². The zero-order chi connectivity index (χ0) is 11.6. The van der Waals surface area contributed by atoms with Crippen LogP contribution in [0.1, 0.15) is 40.5 Å². The van der Waals surface area contributed by atoms with Crippen molar-refractivity contribution in [2.24, 2.45) is 11.3 Å². The number of hydrogen-bond donors (Lipinski definition) is 1. The molecular weight excluding hydrogens is 190 g/mol. The zero-order valence-corrected chi connectivity index (χ0v) is 10.3. The summed E-state index contributed by atoms with van der Waals surface area (Å²) in [5, 5.41) is 9.15. The normalized spacial score (nSPS) is 20.9. The molecule has 0 unspecified atom stereocenters. The van der Waals surface area contributed by atoms with E-state index in [1.165, 1.54) is 0 Å². The number of rotatable bonds is 3. The molecule has 1 heterocycles. The van der Waals surface area contributed by atoms with Crippen LogP contribution in [0.3, 0.4) is 0 Å². The third-order valence-corrected chi connectivity index (χ3v) is 3.83. The number of piperidine rings is 1. The van der Waals surface area contributed by atoms with Crippen LogP contribution in [0.5, 0.6) is 0 Å². The number of aliphatic carboxylic acids is 1. The summed E-state index contributed by atoms with van der Waals surface area (Å²) in [5.41, 5.74) is -0.566. The fourth-order valence-corrected chi connectivity index (χ4v) is 2.31. The van der Waals surface area contributed by atoms with E-state index in [-0.39, 0.29) is 0 Å². The van der Waals surface area contributed by atoms with Crippen LogP contribution in [0, 0.1) is 11.3 Å². The van der Waals surface area contributed by atoms with Crippen LogP contribution in [-0.2, 0) is 4.79 Å². The van der Waals surface area contributed by atoms with E-state index in [9.17, 15) is 4.79 Å². The fourth-order valence-electron chi connectivity index (χ4n) is 2.31. The SMILES string of the molecule is CC(C)N1CCC(C(C)(C)C(=O)O)CC1. The Labute approximate surface area is 92.5 Å². The number of hydrogen-bond acceptors (Lipinski definition) is 2. The van der Waals surface area contributed by atoms with Crippen LogP contribution in [0.15, 0.2) is 0 Å². The van der Waals surface area contributed by atoms with Gasteiger partial charge in [0.1, 0.15) is 0 Å². The lowest BCUT2D eigenvalue weighted by Gasteiger charge is -2.39. The van der Waals surface area contributed by atoms with Gasteiger partial charge in [0, 0.05) is 6.04 Å². The van der Waals surface area contributed by atoms with Gasteiger partial charge in [-0.2, -0.15) is 0 Å². The Kier molecular flexibility index (Phi) is 3.77. The summed E-state index contributed by atoms with van der Waals surface area (Å²) in [5.74, 6) is -0.338. The van der Waals surface area contributed by atoms with Crippen molar-refractivity contribution in [1.82, 2.24) is 4.90 Å². The van der Waals surface area contributed by atoms with Gasteiger partial charge in [0.25, 0.3) is 0 Å². The molecule has 3 heteroatoms. The van der Waals surface area contributed by atoms with Crippen molar-refractivity contribution in [2.45, 2.75) is 46.6 Å². The first-order valence-electron chi connectivity index (χ1n) is 5.83. The van der Waals surface area contributed by atoms with Crippen molar-refractivity contribution in [3.05, 3.63) is 0 Å². The van der Waals surface area contributed by atoms with E-state index in [1.807, 2.05) is 13.8 Å². The van der Waals surface area contributed by atoms with E-state index in [2.05, 4.69) is 18.7 Å². The smallest absolute Gasteiger partial charge is 0.309 e. The van der Waals surface area contributed by atoms with Gasteiger partial charge in [-0.3, -0.25) is 4.79 Å². The van der Waals surface area contributed by atoms with E-state index >= 15 is 0 Å². The van der Waals surface area contributed by atoms with Gasteiger partial charge >= 0.3 is 5.97 Å². The Hall–Kier alpha value is -0.570. The molecule has 0 bridgehead atoms. The molecule has 0 aromatic carbocycles. The first kappa shape index (κ1) is 12.5. The summed E-state index contributed by atoms with van der Waals surface area (Å²) in [4.78, 5) is 13.5. The lowest BCUT2D eigenvalue weighted by Crippen LogP contribution is -2.44. The summed E-state index contributed by atoms with van der Waals surface area (Å²) >= 11 is 0. The summed E-state index contributed by atoms with van der Waals surface area (Å²) in [6.07, 6.45) is 2.02. The van der Waals surface area contributed by atoms with Crippen molar-refractivity contribution in [1.29, 1.82) is 0 Å². The minimum Gasteiger partial charge on any atom is -0.481 e. The molecule has 1 saturated heterocycles. The molecule has 1 rings (SSSR count). The second-order valence-electron chi connectivity index (χ2n) is 5.43. The molecule has 0 aromatic rings. The molecule has 0 amide bonds. The van der Waals surface area contributed by atoms with Gasteiger partial charge in [0.15, 0.2) is 0 Å². The number of carboxylic acid groups (broad SMARTS) is 1. The monoisotopic (exact) mass is 213 g/mol. The molecule has 1 fully saturated rings. The Morgan fingerprint density at radius 3 is 2.13 bits per heavy atom. The zero-order valence-electron chi connectivity index (χ0n) is 10.3. The van der Waals surface area contributed by atoms with Gasteiger partial charge in [0.2, 0.25) is 0 Å². The molecule has 15 heavy (non-hydrogen) atoms. The largest absolute Gasteiger partial charge is 0.481 e. The Balaban J connectivity index is 2.54. The third kappa shape index (κ3) is 2.71. The second kappa shape index (κ2) is 4.52. The van der Waals surface area contributed by atoms with E-state index in [0.29, 0.717) is 12.0 Å². The van der Waals surface area contributed by atoms with Crippen molar-refractivity contribution >= 4 is 5.97 Å². The standard InChI is InChI=1S/C12H23NO2/c1-9(2)13-7-5-10(6-8-13)12(3,4)11(14)15/h9-10H,5-8H2,1-4H3,(H,14,15). The Morgan fingerprint density at radius 1 is 1.33 bits per heavy atom. The summed E-state index contributed by atoms with van der Waals surface area (Å²) in [6, 6.07) is 0.582. The van der Waals surface area contributed by atoms with Crippen molar-refractivity contribution < 1.29 is 9.90 Å². The average Bonchev–Trinajstić information content (AvgIpc) is 2.17. The van der Waals surface area contributed by atoms with Crippen LogP contribution >= 0.6 is 0 Å². The molecular formula is C12H23NO2. The van der Waals surface area contributed by atoms with Crippen LogP contribution in [0.4, 0.5) is 0 Å². The molecule has 0 saturated carbocycles. The fraction of sp³-hybridized carbons (Fsp3) is 0.917. The molecule has 1 N–H and O–H groups in total. The maximum atomic E-state index is 11.1. The number of likely N-dealkylation sites (tertiary alicyclic amines) is 1. The van der Waals surface area contributed by atoms with Gasteiger partial charge in [-0.05, 0) is 59.5 Å². The van der Waals surface area contributed by atoms with E-state index < -0.39 is 11.4 Å². The topological polar surface area (TPSA) is 40.5 Å². The highest BCUT2D eigenvalue weighted by atomic mass is 16.4. The van der Waals surface area contributed by atoms with Crippen molar-refractivity contribution in [3.8, 4) is 0 Å². The Bertz CT molecular complexity index is 228. The first-order chi connectivity index (χ1) is 6.85. The highest BCUT2D eigenvalue weighted by Crippen LogP contribution is 2.35. The average molecular weight is 213 g/mol. The highest BCUT2D eigenvalue weighted by Gasteiger charge is 2.38. The molecule has 0 spiro atoms. The quantitative estimate of drug-likeness (QED) is 0.781. The summed E-state index contributed by atoms with van der Waals surface area (Å²) in [6.45, 7) is 10.2.